The van der Waals surface area contributed by atoms with E-state index in [0.29, 0.717) is 11.3 Å². The van der Waals surface area contributed by atoms with Crippen LogP contribution < -0.4 is 10.2 Å². The van der Waals surface area contributed by atoms with E-state index in [-0.39, 0.29) is 25.2 Å². The molecule has 5 nitrogen and oxygen atoms in total. The molecule has 0 fully saturated rings. The molecule has 0 spiro atoms. The van der Waals surface area contributed by atoms with Crippen molar-refractivity contribution in [2.24, 2.45) is 0 Å². The Morgan fingerprint density at radius 3 is 2.53 bits per heavy atom. The fourth-order valence-corrected chi connectivity index (χ4v) is 1.10. The Bertz CT molecular complexity index is 348. The zero-order chi connectivity index (χ0) is 12.7. The Kier molecular flexibility index (Phi) is 5.45. The summed E-state index contributed by atoms with van der Waals surface area (Å²) in [6, 6.07) is 6.59. The molecule has 1 amide bonds. The lowest BCUT2D eigenvalue weighted by atomic mass is 10.2. The minimum absolute atomic E-state index is 0.0372. The van der Waals surface area contributed by atoms with Gasteiger partial charge in [0.15, 0.2) is 0 Å². The molecular formula is C12H17NO4. The first-order chi connectivity index (χ1) is 8.13. The number of hydrogen-bond acceptors (Lipinski definition) is 4. The molecular weight excluding hydrogens is 222 g/mol. The molecule has 0 aliphatic carbocycles. The minimum atomic E-state index is -0.299. The van der Waals surface area contributed by atoms with Crippen molar-refractivity contribution in [1.82, 2.24) is 5.48 Å². The topological polar surface area (TPSA) is 67.8 Å². The summed E-state index contributed by atoms with van der Waals surface area (Å²) in [5.41, 5.74) is 2.83. The molecule has 1 aromatic rings. The van der Waals surface area contributed by atoms with Crippen molar-refractivity contribution in [3.63, 3.8) is 0 Å². The third kappa shape index (κ3) is 4.84. The third-order valence-electron chi connectivity index (χ3n) is 1.86. The van der Waals surface area contributed by atoms with Crippen LogP contribution >= 0.6 is 0 Å². The van der Waals surface area contributed by atoms with Crippen LogP contribution in [0.15, 0.2) is 24.3 Å². The molecule has 0 aliphatic heterocycles. The fourth-order valence-electron chi connectivity index (χ4n) is 1.10. The standard InChI is InChI=1S/C12H17NO4/c1-9(2)17-13-12(15)10-3-5-11(6-4-10)16-8-7-14/h3-6,9,14H,7-8H2,1-2H3,(H,13,15). The van der Waals surface area contributed by atoms with E-state index >= 15 is 0 Å². The SMILES string of the molecule is CC(C)ONC(=O)c1ccc(OCCO)cc1. The summed E-state index contributed by atoms with van der Waals surface area (Å²) >= 11 is 0. The van der Waals surface area contributed by atoms with Crippen molar-refractivity contribution in [3.8, 4) is 5.75 Å². The second-order valence-corrected chi connectivity index (χ2v) is 3.69. The van der Waals surface area contributed by atoms with Crippen LogP contribution in [0.3, 0.4) is 0 Å². The molecule has 2 N–H and O–H groups in total. The molecule has 0 aliphatic rings. The zero-order valence-corrected chi connectivity index (χ0v) is 9.97. The van der Waals surface area contributed by atoms with Gasteiger partial charge < -0.3 is 9.84 Å². The number of hydroxylamine groups is 1. The van der Waals surface area contributed by atoms with Crippen LogP contribution in [-0.2, 0) is 4.84 Å². The molecule has 0 radical (unpaired) electrons. The van der Waals surface area contributed by atoms with Crippen LogP contribution in [0.4, 0.5) is 0 Å². The van der Waals surface area contributed by atoms with Gasteiger partial charge in [-0.1, -0.05) is 0 Å². The van der Waals surface area contributed by atoms with Crippen molar-refractivity contribution >= 4 is 5.91 Å². The van der Waals surface area contributed by atoms with Gasteiger partial charge in [-0.2, -0.15) is 0 Å². The second kappa shape index (κ2) is 6.88. The lowest BCUT2D eigenvalue weighted by Gasteiger charge is -2.09. The number of carbonyl (C=O) groups is 1. The average molecular weight is 239 g/mol. The van der Waals surface area contributed by atoms with Gasteiger partial charge in [0.25, 0.3) is 5.91 Å². The van der Waals surface area contributed by atoms with Crippen molar-refractivity contribution in [2.45, 2.75) is 20.0 Å². The highest BCUT2D eigenvalue weighted by Crippen LogP contribution is 2.11. The van der Waals surface area contributed by atoms with E-state index in [2.05, 4.69) is 5.48 Å². The third-order valence-corrected chi connectivity index (χ3v) is 1.86. The number of carbonyl (C=O) groups excluding carboxylic acids is 1. The molecule has 0 atom stereocenters. The fraction of sp³-hybridized carbons (Fsp3) is 0.417. The van der Waals surface area contributed by atoms with E-state index in [1.807, 2.05) is 13.8 Å². The Morgan fingerprint density at radius 2 is 2.00 bits per heavy atom. The molecule has 1 aromatic carbocycles. The van der Waals surface area contributed by atoms with Gasteiger partial charge in [0.2, 0.25) is 0 Å². The largest absolute Gasteiger partial charge is 0.491 e. The predicted molar refractivity (Wildman–Crippen MR) is 62.7 cm³/mol. The Morgan fingerprint density at radius 1 is 1.35 bits per heavy atom. The summed E-state index contributed by atoms with van der Waals surface area (Å²) in [6.07, 6.45) is -0.0638. The van der Waals surface area contributed by atoms with Crippen LogP contribution in [0, 0.1) is 0 Å². The number of ether oxygens (including phenoxy) is 1. The molecule has 94 valence electrons. The van der Waals surface area contributed by atoms with Gasteiger partial charge in [-0.15, -0.1) is 0 Å². The van der Waals surface area contributed by atoms with Crippen LogP contribution in [-0.4, -0.2) is 30.3 Å². The molecule has 0 heterocycles. The number of nitrogens with one attached hydrogen (secondary N) is 1. The average Bonchev–Trinajstić information content (AvgIpc) is 2.34. The Labute approximate surface area is 100 Å². The molecule has 0 saturated carbocycles. The highest BCUT2D eigenvalue weighted by Gasteiger charge is 2.06. The summed E-state index contributed by atoms with van der Waals surface area (Å²) in [4.78, 5) is 16.5. The van der Waals surface area contributed by atoms with Crippen LogP contribution in [0.5, 0.6) is 5.75 Å². The van der Waals surface area contributed by atoms with E-state index in [9.17, 15) is 4.79 Å². The summed E-state index contributed by atoms with van der Waals surface area (Å²) < 4.78 is 5.18. The summed E-state index contributed by atoms with van der Waals surface area (Å²) in [6.45, 7) is 3.85. The van der Waals surface area contributed by atoms with Crippen molar-refractivity contribution in [2.75, 3.05) is 13.2 Å². The van der Waals surface area contributed by atoms with Crippen LogP contribution in [0.25, 0.3) is 0 Å². The Hall–Kier alpha value is -1.59. The van der Waals surface area contributed by atoms with Crippen molar-refractivity contribution in [1.29, 1.82) is 0 Å². The summed E-state index contributed by atoms with van der Waals surface area (Å²) in [5, 5.41) is 8.59. The maximum absolute atomic E-state index is 11.6. The first kappa shape index (κ1) is 13.5. The van der Waals surface area contributed by atoms with Crippen molar-refractivity contribution < 1.29 is 19.5 Å². The number of hydrogen-bond donors (Lipinski definition) is 2. The predicted octanol–water partition coefficient (Wildman–Crippen LogP) is 1.13. The number of rotatable bonds is 6. The van der Waals surface area contributed by atoms with Gasteiger partial charge in [0, 0.05) is 5.56 Å². The van der Waals surface area contributed by atoms with E-state index in [0.717, 1.165) is 0 Å². The van der Waals surface area contributed by atoms with Crippen molar-refractivity contribution in [3.05, 3.63) is 29.8 Å². The first-order valence-electron chi connectivity index (χ1n) is 5.43. The number of aliphatic hydroxyl groups excluding tert-OH is 1. The molecule has 1 rings (SSSR count). The summed E-state index contributed by atoms with van der Waals surface area (Å²) in [5.74, 6) is 0.313. The van der Waals surface area contributed by atoms with Gasteiger partial charge in [-0.25, -0.2) is 5.48 Å². The van der Waals surface area contributed by atoms with Gasteiger partial charge >= 0.3 is 0 Å². The number of amides is 1. The van der Waals surface area contributed by atoms with Gasteiger partial charge in [0.1, 0.15) is 12.4 Å². The van der Waals surface area contributed by atoms with E-state index < -0.39 is 0 Å². The minimum Gasteiger partial charge on any atom is -0.491 e. The molecule has 0 aromatic heterocycles. The zero-order valence-electron chi connectivity index (χ0n) is 9.97. The van der Waals surface area contributed by atoms with Crippen LogP contribution in [0.1, 0.15) is 24.2 Å². The highest BCUT2D eigenvalue weighted by atomic mass is 16.7. The highest BCUT2D eigenvalue weighted by molar-refractivity contribution is 5.93. The molecule has 17 heavy (non-hydrogen) atoms. The lowest BCUT2D eigenvalue weighted by molar-refractivity contribution is 0.000186. The molecule has 0 saturated heterocycles. The van der Waals surface area contributed by atoms with Gasteiger partial charge in [-0.05, 0) is 38.1 Å². The van der Waals surface area contributed by atoms with Gasteiger partial charge in [0.05, 0.1) is 12.7 Å². The molecule has 0 unspecified atom stereocenters. The monoisotopic (exact) mass is 239 g/mol. The normalized spacial score (nSPS) is 10.4. The number of aliphatic hydroxyl groups is 1. The van der Waals surface area contributed by atoms with E-state index in [1.54, 1.807) is 24.3 Å². The van der Waals surface area contributed by atoms with E-state index in [4.69, 9.17) is 14.7 Å². The maximum atomic E-state index is 11.6. The van der Waals surface area contributed by atoms with E-state index in [1.165, 1.54) is 0 Å². The lowest BCUT2D eigenvalue weighted by Crippen LogP contribution is -2.26. The Balaban J connectivity index is 2.51. The second-order valence-electron chi connectivity index (χ2n) is 3.69. The number of benzene rings is 1. The molecule has 0 bridgehead atoms. The quantitative estimate of drug-likeness (QED) is 0.730. The van der Waals surface area contributed by atoms with Gasteiger partial charge in [-0.3, -0.25) is 9.63 Å². The smallest absolute Gasteiger partial charge is 0.274 e. The van der Waals surface area contributed by atoms with Crippen LogP contribution in [0.2, 0.25) is 0 Å². The summed E-state index contributed by atoms with van der Waals surface area (Å²) in [7, 11) is 0. The first-order valence-corrected chi connectivity index (χ1v) is 5.43. The maximum Gasteiger partial charge on any atom is 0.274 e. The molecule has 5 heteroatoms.